The van der Waals surface area contributed by atoms with Crippen LogP contribution in [0.4, 0.5) is 14.9 Å². The zero-order valence-corrected chi connectivity index (χ0v) is 15.3. The second-order valence-corrected chi connectivity index (χ2v) is 6.23. The minimum Gasteiger partial charge on any atom is -0.386 e. The minimum atomic E-state index is -1.15. The van der Waals surface area contributed by atoms with Crippen LogP contribution in [0.5, 0.6) is 0 Å². The van der Waals surface area contributed by atoms with E-state index in [9.17, 15) is 19.1 Å². The van der Waals surface area contributed by atoms with Crippen LogP contribution in [0.3, 0.4) is 0 Å². The molecule has 0 aliphatic carbocycles. The van der Waals surface area contributed by atoms with Crippen LogP contribution in [-0.2, 0) is 0 Å². The van der Waals surface area contributed by atoms with Gasteiger partial charge in [0, 0.05) is 29.4 Å². The third-order valence-corrected chi connectivity index (χ3v) is 4.12. The molecule has 0 radical (unpaired) electrons. The van der Waals surface area contributed by atoms with Crippen LogP contribution in [0.25, 0.3) is 0 Å². The Balaban J connectivity index is 1.85. The molecule has 6 nitrogen and oxygen atoms in total. The summed E-state index contributed by atoms with van der Waals surface area (Å²) in [6, 6.07) is 11.8. The van der Waals surface area contributed by atoms with Crippen LogP contribution in [0.15, 0.2) is 48.5 Å². The van der Waals surface area contributed by atoms with E-state index in [2.05, 4.69) is 16.0 Å². The number of aliphatic hydroxyl groups excluding tert-OH is 1. The summed E-state index contributed by atoms with van der Waals surface area (Å²) in [6.45, 7) is 3.77. The van der Waals surface area contributed by atoms with Crippen molar-refractivity contribution in [2.75, 3.05) is 11.9 Å². The van der Waals surface area contributed by atoms with Gasteiger partial charge in [-0.1, -0.05) is 25.1 Å². The average molecular weight is 373 g/mol. The Hall–Kier alpha value is -2.93. The predicted octanol–water partition coefficient (Wildman–Crippen LogP) is 3.21. The Morgan fingerprint density at radius 3 is 2.41 bits per heavy atom. The molecule has 0 spiro atoms. The molecule has 2 rings (SSSR count). The topological polar surface area (TPSA) is 90.5 Å². The number of aliphatic hydroxyl groups is 1. The molecule has 7 heteroatoms. The summed E-state index contributed by atoms with van der Waals surface area (Å²) in [6.07, 6.45) is -0.312. The zero-order valence-electron chi connectivity index (χ0n) is 15.3. The first-order chi connectivity index (χ1) is 12.9. The van der Waals surface area contributed by atoms with E-state index >= 15 is 0 Å². The lowest BCUT2D eigenvalue weighted by Crippen LogP contribution is -2.33. The number of anilines is 1. The Labute approximate surface area is 157 Å². The van der Waals surface area contributed by atoms with Crippen LogP contribution in [0.1, 0.15) is 42.3 Å². The first-order valence-electron chi connectivity index (χ1n) is 8.79. The number of benzene rings is 2. The lowest BCUT2D eigenvalue weighted by atomic mass is 10.1. The highest BCUT2D eigenvalue weighted by atomic mass is 19.1. The standard InChI is InChI=1S/C20H24FN3O3/c1-3-13(2)23-19(26)14-8-10-15(11-9-14)24-20(27)22-12-18(25)16-6-4-5-7-17(16)21/h4-11,13,18,25H,3,12H2,1-2H3,(H,23,26)(H2,22,24,27). The van der Waals surface area contributed by atoms with Crippen LogP contribution in [0.2, 0.25) is 0 Å². The molecule has 2 unspecified atom stereocenters. The molecule has 0 heterocycles. The molecule has 0 saturated heterocycles. The van der Waals surface area contributed by atoms with Crippen molar-refractivity contribution in [1.29, 1.82) is 0 Å². The molecule has 3 amide bonds. The molecular formula is C20H24FN3O3. The van der Waals surface area contributed by atoms with Gasteiger partial charge in [0.15, 0.2) is 0 Å². The van der Waals surface area contributed by atoms with Gasteiger partial charge in [-0.3, -0.25) is 4.79 Å². The van der Waals surface area contributed by atoms with E-state index in [-0.39, 0.29) is 24.1 Å². The molecule has 2 aromatic rings. The van der Waals surface area contributed by atoms with Crippen LogP contribution in [0, 0.1) is 5.82 Å². The molecule has 2 atom stereocenters. The maximum Gasteiger partial charge on any atom is 0.319 e. The Kier molecular flexibility index (Phi) is 7.31. The summed E-state index contributed by atoms with van der Waals surface area (Å²) < 4.78 is 13.6. The van der Waals surface area contributed by atoms with Gasteiger partial charge in [0.05, 0.1) is 6.10 Å². The van der Waals surface area contributed by atoms with Crippen molar-refractivity contribution in [2.24, 2.45) is 0 Å². The number of rotatable bonds is 7. The highest BCUT2D eigenvalue weighted by Crippen LogP contribution is 2.16. The van der Waals surface area contributed by atoms with Crippen molar-refractivity contribution in [2.45, 2.75) is 32.4 Å². The lowest BCUT2D eigenvalue weighted by Gasteiger charge is -2.14. The number of carbonyl (C=O) groups is 2. The van der Waals surface area contributed by atoms with Crippen molar-refractivity contribution >= 4 is 17.6 Å². The SMILES string of the molecule is CCC(C)NC(=O)c1ccc(NC(=O)NCC(O)c2ccccc2F)cc1. The number of hydrogen-bond acceptors (Lipinski definition) is 3. The predicted molar refractivity (Wildman–Crippen MR) is 102 cm³/mol. The third-order valence-electron chi connectivity index (χ3n) is 4.12. The quantitative estimate of drug-likeness (QED) is 0.601. The number of urea groups is 1. The van der Waals surface area contributed by atoms with E-state index in [0.717, 1.165) is 6.42 Å². The van der Waals surface area contributed by atoms with Gasteiger partial charge in [-0.15, -0.1) is 0 Å². The molecule has 0 aliphatic rings. The number of carbonyl (C=O) groups excluding carboxylic acids is 2. The van der Waals surface area contributed by atoms with Crippen molar-refractivity contribution in [3.8, 4) is 0 Å². The maximum atomic E-state index is 13.6. The van der Waals surface area contributed by atoms with Gasteiger partial charge in [0.2, 0.25) is 0 Å². The highest BCUT2D eigenvalue weighted by molar-refractivity contribution is 5.95. The van der Waals surface area contributed by atoms with E-state index in [0.29, 0.717) is 11.3 Å². The van der Waals surface area contributed by atoms with E-state index in [4.69, 9.17) is 0 Å². The molecule has 0 saturated carbocycles. The Bertz CT molecular complexity index is 780. The fourth-order valence-electron chi connectivity index (χ4n) is 2.33. The van der Waals surface area contributed by atoms with Gasteiger partial charge in [0.1, 0.15) is 5.82 Å². The van der Waals surface area contributed by atoms with Gasteiger partial charge < -0.3 is 21.1 Å². The fourth-order valence-corrected chi connectivity index (χ4v) is 2.33. The number of halogens is 1. The number of hydrogen-bond donors (Lipinski definition) is 4. The van der Waals surface area contributed by atoms with Crippen molar-refractivity contribution in [1.82, 2.24) is 10.6 Å². The van der Waals surface area contributed by atoms with Gasteiger partial charge in [-0.25, -0.2) is 9.18 Å². The van der Waals surface area contributed by atoms with Crippen LogP contribution in [-0.4, -0.2) is 29.6 Å². The summed E-state index contributed by atoms with van der Waals surface area (Å²) in [7, 11) is 0. The highest BCUT2D eigenvalue weighted by Gasteiger charge is 2.13. The van der Waals surface area contributed by atoms with Crippen LogP contribution >= 0.6 is 0 Å². The normalized spacial score (nSPS) is 12.7. The molecule has 27 heavy (non-hydrogen) atoms. The van der Waals surface area contributed by atoms with Gasteiger partial charge in [0.25, 0.3) is 5.91 Å². The molecule has 0 fully saturated rings. The summed E-state index contributed by atoms with van der Waals surface area (Å²) >= 11 is 0. The number of nitrogens with one attached hydrogen (secondary N) is 3. The molecular weight excluding hydrogens is 349 g/mol. The monoisotopic (exact) mass is 373 g/mol. The lowest BCUT2D eigenvalue weighted by molar-refractivity contribution is 0.0939. The first kappa shape index (κ1) is 20.4. The van der Waals surface area contributed by atoms with Crippen molar-refractivity contribution in [3.05, 3.63) is 65.5 Å². The van der Waals surface area contributed by atoms with E-state index in [1.54, 1.807) is 30.3 Å². The van der Waals surface area contributed by atoms with Crippen LogP contribution < -0.4 is 16.0 Å². The Morgan fingerprint density at radius 2 is 1.78 bits per heavy atom. The Morgan fingerprint density at radius 1 is 1.11 bits per heavy atom. The average Bonchev–Trinajstić information content (AvgIpc) is 2.66. The third kappa shape index (κ3) is 6.07. The summed E-state index contributed by atoms with van der Waals surface area (Å²) in [5, 5.41) is 17.9. The van der Waals surface area contributed by atoms with E-state index in [1.807, 2.05) is 13.8 Å². The second kappa shape index (κ2) is 9.68. The van der Waals surface area contributed by atoms with E-state index < -0.39 is 18.0 Å². The van der Waals surface area contributed by atoms with Crippen molar-refractivity contribution in [3.63, 3.8) is 0 Å². The smallest absolute Gasteiger partial charge is 0.319 e. The fraction of sp³-hybridized carbons (Fsp3) is 0.300. The van der Waals surface area contributed by atoms with Gasteiger partial charge >= 0.3 is 6.03 Å². The molecule has 2 aromatic carbocycles. The largest absolute Gasteiger partial charge is 0.386 e. The molecule has 0 aromatic heterocycles. The molecule has 0 aliphatic heterocycles. The molecule has 4 N–H and O–H groups in total. The minimum absolute atomic E-state index is 0.0851. The maximum absolute atomic E-state index is 13.6. The number of amides is 3. The zero-order chi connectivity index (χ0) is 19.8. The molecule has 0 bridgehead atoms. The van der Waals surface area contributed by atoms with Crippen molar-refractivity contribution < 1.29 is 19.1 Å². The van der Waals surface area contributed by atoms with Gasteiger partial charge in [-0.2, -0.15) is 0 Å². The summed E-state index contributed by atoms with van der Waals surface area (Å²) in [5.41, 5.74) is 1.11. The van der Waals surface area contributed by atoms with E-state index in [1.165, 1.54) is 18.2 Å². The first-order valence-corrected chi connectivity index (χ1v) is 8.79. The summed E-state index contributed by atoms with van der Waals surface area (Å²) in [4.78, 5) is 23.9. The van der Waals surface area contributed by atoms with Gasteiger partial charge in [-0.05, 0) is 43.7 Å². The summed E-state index contributed by atoms with van der Waals surface area (Å²) in [5.74, 6) is -0.702. The second-order valence-electron chi connectivity index (χ2n) is 6.23. The molecule has 144 valence electrons.